The minimum atomic E-state index is -2.86. The standard InChI is InChI=1S/C12H12BrN3O2S/c13-10-8-14-7-9-1-2-11(15-12(9)10)16-3-5-19(17,18)6-4-16/h1-2,7-8H,3-6H2. The molecule has 1 aliphatic heterocycles. The molecule has 0 radical (unpaired) electrons. The van der Waals surface area contributed by atoms with E-state index >= 15 is 0 Å². The van der Waals surface area contributed by atoms with Gasteiger partial charge < -0.3 is 4.90 Å². The first kappa shape index (κ1) is 12.8. The van der Waals surface area contributed by atoms with Gasteiger partial charge >= 0.3 is 0 Å². The topological polar surface area (TPSA) is 63.2 Å². The van der Waals surface area contributed by atoms with E-state index in [-0.39, 0.29) is 11.5 Å². The van der Waals surface area contributed by atoms with Crippen molar-refractivity contribution in [2.24, 2.45) is 0 Å². The molecule has 100 valence electrons. The van der Waals surface area contributed by atoms with E-state index in [0.29, 0.717) is 13.1 Å². The van der Waals surface area contributed by atoms with E-state index in [9.17, 15) is 8.42 Å². The molecule has 1 aliphatic rings. The van der Waals surface area contributed by atoms with E-state index < -0.39 is 9.84 Å². The molecule has 1 fully saturated rings. The van der Waals surface area contributed by atoms with Gasteiger partial charge in [-0.2, -0.15) is 0 Å². The van der Waals surface area contributed by atoms with E-state index in [2.05, 4.69) is 25.9 Å². The Kier molecular flexibility index (Phi) is 3.18. The Hall–Kier alpha value is -1.21. The maximum absolute atomic E-state index is 11.4. The van der Waals surface area contributed by atoms with Crippen LogP contribution in [0.1, 0.15) is 0 Å². The zero-order valence-electron chi connectivity index (χ0n) is 10.1. The predicted octanol–water partition coefficient (Wildman–Crippen LogP) is 1.63. The van der Waals surface area contributed by atoms with Gasteiger partial charge in [-0.25, -0.2) is 13.4 Å². The lowest BCUT2D eigenvalue weighted by atomic mass is 10.2. The van der Waals surface area contributed by atoms with Crippen LogP contribution in [0, 0.1) is 0 Å². The average molecular weight is 342 g/mol. The summed E-state index contributed by atoms with van der Waals surface area (Å²) in [6.07, 6.45) is 3.47. The van der Waals surface area contributed by atoms with Gasteiger partial charge in [-0.1, -0.05) is 0 Å². The van der Waals surface area contributed by atoms with Crippen LogP contribution in [0.5, 0.6) is 0 Å². The number of halogens is 1. The van der Waals surface area contributed by atoms with Crippen LogP contribution in [-0.2, 0) is 9.84 Å². The Morgan fingerprint density at radius 2 is 1.89 bits per heavy atom. The quantitative estimate of drug-likeness (QED) is 0.788. The number of hydrogen-bond acceptors (Lipinski definition) is 5. The second kappa shape index (κ2) is 4.72. The molecule has 1 saturated heterocycles. The summed E-state index contributed by atoms with van der Waals surface area (Å²) in [4.78, 5) is 10.7. The van der Waals surface area contributed by atoms with Crippen molar-refractivity contribution in [2.45, 2.75) is 0 Å². The molecule has 0 unspecified atom stereocenters. The summed E-state index contributed by atoms with van der Waals surface area (Å²) in [6.45, 7) is 1.01. The maximum atomic E-state index is 11.4. The fourth-order valence-electron chi connectivity index (χ4n) is 2.12. The van der Waals surface area contributed by atoms with Crippen LogP contribution in [0.4, 0.5) is 5.82 Å². The van der Waals surface area contributed by atoms with Gasteiger partial charge in [0.05, 0.1) is 21.5 Å². The first-order valence-electron chi connectivity index (χ1n) is 5.91. The normalized spacial score (nSPS) is 18.7. The van der Waals surface area contributed by atoms with Gasteiger partial charge in [0.25, 0.3) is 0 Å². The Bertz CT molecular complexity index is 719. The van der Waals surface area contributed by atoms with E-state index in [4.69, 9.17) is 0 Å². The van der Waals surface area contributed by atoms with E-state index in [1.165, 1.54) is 0 Å². The highest BCUT2D eigenvalue weighted by molar-refractivity contribution is 9.10. The molecule has 2 aromatic heterocycles. The van der Waals surface area contributed by atoms with Gasteiger partial charge in [0, 0.05) is 30.9 Å². The first-order valence-corrected chi connectivity index (χ1v) is 8.52. The molecule has 3 heterocycles. The molecule has 0 spiro atoms. The van der Waals surface area contributed by atoms with Gasteiger partial charge in [0.15, 0.2) is 9.84 Å². The largest absolute Gasteiger partial charge is 0.355 e. The highest BCUT2D eigenvalue weighted by Gasteiger charge is 2.22. The summed E-state index contributed by atoms with van der Waals surface area (Å²) in [5.74, 6) is 1.21. The molecule has 0 amide bonds. The number of pyridine rings is 2. The zero-order valence-corrected chi connectivity index (χ0v) is 12.5. The van der Waals surface area contributed by atoms with Crippen LogP contribution >= 0.6 is 15.9 Å². The number of nitrogens with zero attached hydrogens (tertiary/aromatic N) is 3. The lowest BCUT2D eigenvalue weighted by Gasteiger charge is -2.27. The van der Waals surface area contributed by atoms with Crippen molar-refractivity contribution in [3.63, 3.8) is 0 Å². The number of rotatable bonds is 1. The summed E-state index contributed by atoms with van der Waals surface area (Å²) in [5, 5.41) is 0.961. The van der Waals surface area contributed by atoms with E-state index in [1.807, 2.05) is 17.0 Å². The van der Waals surface area contributed by atoms with Crippen LogP contribution in [0.15, 0.2) is 29.0 Å². The van der Waals surface area contributed by atoms with Gasteiger partial charge in [-0.15, -0.1) is 0 Å². The van der Waals surface area contributed by atoms with Crippen LogP contribution in [0.25, 0.3) is 10.9 Å². The monoisotopic (exact) mass is 341 g/mol. The van der Waals surface area contributed by atoms with Crippen molar-refractivity contribution in [3.05, 3.63) is 29.0 Å². The molecule has 0 aromatic carbocycles. The minimum absolute atomic E-state index is 0.199. The number of sulfone groups is 1. The number of aromatic nitrogens is 2. The van der Waals surface area contributed by atoms with Crippen LogP contribution in [-0.4, -0.2) is 43.0 Å². The second-order valence-corrected chi connectivity index (χ2v) is 7.66. The lowest BCUT2D eigenvalue weighted by Crippen LogP contribution is -2.40. The average Bonchev–Trinajstić information content (AvgIpc) is 2.39. The van der Waals surface area contributed by atoms with Gasteiger partial charge in [0.2, 0.25) is 0 Å². The summed E-state index contributed by atoms with van der Waals surface area (Å²) in [7, 11) is -2.86. The number of hydrogen-bond donors (Lipinski definition) is 0. The molecule has 19 heavy (non-hydrogen) atoms. The molecule has 7 heteroatoms. The fourth-order valence-corrected chi connectivity index (χ4v) is 3.75. The minimum Gasteiger partial charge on any atom is -0.355 e. The lowest BCUT2D eigenvalue weighted by molar-refractivity contribution is 0.586. The van der Waals surface area contributed by atoms with Crippen molar-refractivity contribution in [2.75, 3.05) is 29.5 Å². The third-order valence-electron chi connectivity index (χ3n) is 3.21. The third kappa shape index (κ3) is 2.57. The molecular weight excluding hydrogens is 330 g/mol. The first-order chi connectivity index (χ1) is 9.05. The van der Waals surface area contributed by atoms with Gasteiger partial charge in [-0.05, 0) is 28.1 Å². The Morgan fingerprint density at radius 1 is 1.16 bits per heavy atom. The zero-order chi connectivity index (χ0) is 13.5. The SMILES string of the molecule is O=S1(=O)CCN(c2ccc3cncc(Br)c3n2)CC1. The summed E-state index contributed by atoms with van der Waals surface area (Å²) >= 11 is 3.43. The molecule has 5 nitrogen and oxygen atoms in total. The Balaban J connectivity index is 1.96. The van der Waals surface area contributed by atoms with Crippen molar-refractivity contribution in [1.29, 1.82) is 0 Å². The van der Waals surface area contributed by atoms with E-state index in [0.717, 1.165) is 21.2 Å². The van der Waals surface area contributed by atoms with Crippen LogP contribution in [0.3, 0.4) is 0 Å². The molecule has 0 N–H and O–H groups in total. The van der Waals surface area contributed by atoms with Crippen molar-refractivity contribution in [1.82, 2.24) is 9.97 Å². The molecule has 0 atom stereocenters. The molecule has 0 aliphatic carbocycles. The second-order valence-electron chi connectivity index (χ2n) is 4.50. The van der Waals surface area contributed by atoms with E-state index in [1.54, 1.807) is 12.4 Å². The number of anilines is 1. The van der Waals surface area contributed by atoms with Crippen molar-refractivity contribution in [3.8, 4) is 0 Å². The molecule has 2 aromatic rings. The highest BCUT2D eigenvalue weighted by Crippen LogP contribution is 2.24. The molecule has 0 saturated carbocycles. The highest BCUT2D eigenvalue weighted by atomic mass is 79.9. The summed E-state index contributed by atoms with van der Waals surface area (Å²) in [5.41, 5.74) is 0.848. The molecular formula is C12H12BrN3O2S. The Morgan fingerprint density at radius 3 is 2.63 bits per heavy atom. The third-order valence-corrected chi connectivity index (χ3v) is 5.40. The molecule has 3 rings (SSSR count). The van der Waals surface area contributed by atoms with Crippen LogP contribution in [0.2, 0.25) is 0 Å². The van der Waals surface area contributed by atoms with Crippen molar-refractivity contribution < 1.29 is 8.42 Å². The fraction of sp³-hybridized carbons (Fsp3) is 0.333. The van der Waals surface area contributed by atoms with Crippen molar-refractivity contribution >= 4 is 42.5 Å². The smallest absolute Gasteiger partial charge is 0.153 e. The van der Waals surface area contributed by atoms with Gasteiger partial charge in [0.1, 0.15) is 5.82 Å². The van der Waals surface area contributed by atoms with Gasteiger partial charge in [-0.3, -0.25) is 4.98 Å². The number of fused-ring (bicyclic) bond motifs is 1. The summed E-state index contributed by atoms with van der Waals surface area (Å²) < 4.78 is 23.7. The summed E-state index contributed by atoms with van der Waals surface area (Å²) in [6, 6.07) is 3.87. The predicted molar refractivity (Wildman–Crippen MR) is 78.1 cm³/mol. The maximum Gasteiger partial charge on any atom is 0.153 e. The molecule has 0 bridgehead atoms. The Labute approximate surface area is 119 Å². The van der Waals surface area contributed by atoms with Crippen LogP contribution < -0.4 is 4.90 Å².